The number of hydrogen-bond acceptors (Lipinski definition) is 5. The van der Waals surface area contributed by atoms with E-state index in [1.165, 1.54) is 6.07 Å². The third-order valence-corrected chi connectivity index (χ3v) is 4.59. The summed E-state index contributed by atoms with van der Waals surface area (Å²) in [5, 5.41) is 10.9. The molecule has 1 heterocycles. The van der Waals surface area contributed by atoms with E-state index in [0.717, 1.165) is 17.0 Å². The van der Waals surface area contributed by atoms with Crippen molar-refractivity contribution >= 4 is 54.5 Å². The van der Waals surface area contributed by atoms with Crippen LogP contribution in [0, 0.1) is 0 Å². The number of carbonyl (C=O) groups is 1. The van der Waals surface area contributed by atoms with E-state index in [2.05, 4.69) is 14.7 Å². The molecule has 1 aromatic heterocycles. The van der Waals surface area contributed by atoms with E-state index < -0.39 is 16.0 Å². The van der Waals surface area contributed by atoms with Gasteiger partial charge in [0.15, 0.2) is 0 Å². The van der Waals surface area contributed by atoms with Crippen LogP contribution in [0.4, 0.5) is 5.69 Å². The van der Waals surface area contributed by atoms with Gasteiger partial charge in [-0.1, -0.05) is 18.2 Å². The van der Waals surface area contributed by atoms with E-state index >= 15 is 0 Å². The number of carboxylic acids is 1. The lowest BCUT2D eigenvalue weighted by atomic mass is 10.1. The summed E-state index contributed by atoms with van der Waals surface area (Å²) in [4.78, 5) is 20.5. The summed E-state index contributed by atoms with van der Waals surface area (Å²) in [6.07, 6.45) is 1.09. The zero-order valence-electron chi connectivity index (χ0n) is 13.6. The monoisotopic (exact) mass is 367 g/mol. The molecule has 3 aromatic carbocycles. The Morgan fingerprint density at radius 1 is 1.00 bits per heavy atom. The number of para-hydroxylation sites is 1. The number of sulfonamides is 1. The van der Waals surface area contributed by atoms with Gasteiger partial charge >= 0.3 is 5.97 Å². The molecule has 0 bridgehead atoms. The number of aromatic nitrogens is 2. The van der Waals surface area contributed by atoms with Crippen LogP contribution >= 0.6 is 0 Å². The molecule has 0 atom stereocenters. The van der Waals surface area contributed by atoms with Gasteiger partial charge in [0.1, 0.15) is 5.52 Å². The fourth-order valence-electron chi connectivity index (χ4n) is 2.94. The van der Waals surface area contributed by atoms with Crippen molar-refractivity contribution in [2.45, 2.75) is 0 Å². The number of benzene rings is 3. The second-order valence-electron chi connectivity index (χ2n) is 5.95. The number of aromatic carboxylic acids is 1. The first-order chi connectivity index (χ1) is 12.3. The molecular formula is C18H13N3O4S. The van der Waals surface area contributed by atoms with Gasteiger partial charge in [0.2, 0.25) is 10.0 Å². The van der Waals surface area contributed by atoms with Crippen molar-refractivity contribution in [2.24, 2.45) is 0 Å². The fourth-order valence-corrected chi connectivity index (χ4v) is 3.50. The van der Waals surface area contributed by atoms with Crippen LogP contribution < -0.4 is 4.72 Å². The number of hydrogen-bond donors (Lipinski definition) is 2. The third kappa shape index (κ3) is 2.80. The quantitative estimate of drug-likeness (QED) is 0.425. The fraction of sp³-hybridized carbons (Fsp3) is 0.0556. The van der Waals surface area contributed by atoms with Crippen LogP contribution in [0.25, 0.3) is 32.8 Å². The van der Waals surface area contributed by atoms with E-state index in [0.29, 0.717) is 27.8 Å². The summed E-state index contributed by atoms with van der Waals surface area (Å²) in [6.45, 7) is 0. The first-order valence-electron chi connectivity index (χ1n) is 7.66. The standard InChI is InChI=1S/C18H13N3O4S/c1-26(24,25)21-11-6-7-12-10(9-11)5-8-15-16(12)20-17-13(18(22)23)3-2-4-14(17)19-15/h2-9,21H,1H3,(H,22,23). The molecule has 0 aliphatic heterocycles. The third-order valence-electron chi connectivity index (χ3n) is 3.98. The van der Waals surface area contributed by atoms with Crippen LogP contribution in [0.5, 0.6) is 0 Å². The van der Waals surface area contributed by atoms with E-state index in [1.807, 2.05) is 6.07 Å². The Balaban J connectivity index is 2.01. The highest BCUT2D eigenvalue weighted by Gasteiger charge is 2.13. The molecule has 4 aromatic rings. The van der Waals surface area contributed by atoms with Crippen molar-refractivity contribution in [3.63, 3.8) is 0 Å². The van der Waals surface area contributed by atoms with Crippen molar-refractivity contribution in [2.75, 3.05) is 11.0 Å². The summed E-state index contributed by atoms with van der Waals surface area (Å²) in [5.41, 5.74) is 2.56. The van der Waals surface area contributed by atoms with Gasteiger partial charge in [-0.05, 0) is 35.7 Å². The average Bonchev–Trinajstić information content (AvgIpc) is 2.57. The Bertz CT molecular complexity index is 1320. The minimum atomic E-state index is -3.38. The molecule has 0 spiro atoms. The number of rotatable bonds is 3. The van der Waals surface area contributed by atoms with Crippen LogP contribution in [-0.4, -0.2) is 35.7 Å². The first kappa shape index (κ1) is 16.2. The van der Waals surface area contributed by atoms with Gasteiger partial charge in [-0.25, -0.2) is 23.2 Å². The predicted octanol–water partition coefficient (Wildman–Crippen LogP) is 3.01. The van der Waals surface area contributed by atoms with Crippen LogP contribution in [0.2, 0.25) is 0 Å². The summed E-state index contributed by atoms with van der Waals surface area (Å²) >= 11 is 0. The molecule has 0 radical (unpaired) electrons. The van der Waals surface area contributed by atoms with E-state index in [1.54, 1.807) is 36.4 Å². The molecule has 0 aliphatic rings. The van der Waals surface area contributed by atoms with Crippen LogP contribution in [0.15, 0.2) is 48.5 Å². The van der Waals surface area contributed by atoms with Crippen molar-refractivity contribution in [1.82, 2.24) is 9.97 Å². The Morgan fingerprint density at radius 3 is 2.50 bits per heavy atom. The first-order valence-corrected chi connectivity index (χ1v) is 9.55. The Kier molecular flexibility index (Phi) is 3.52. The lowest BCUT2D eigenvalue weighted by molar-refractivity contribution is 0.0699. The molecule has 4 rings (SSSR count). The van der Waals surface area contributed by atoms with Crippen molar-refractivity contribution < 1.29 is 18.3 Å². The highest BCUT2D eigenvalue weighted by atomic mass is 32.2. The Morgan fingerprint density at radius 2 is 1.77 bits per heavy atom. The van der Waals surface area contributed by atoms with Crippen molar-refractivity contribution in [3.8, 4) is 0 Å². The highest BCUT2D eigenvalue weighted by molar-refractivity contribution is 7.92. The minimum absolute atomic E-state index is 0.0873. The van der Waals surface area contributed by atoms with Gasteiger partial charge in [0.25, 0.3) is 0 Å². The van der Waals surface area contributed by atoms with Crippen molar-refractivity contribution in [1.29, 1.82) is 0 Å². The second-order valence-corrected chi connectivity index (χ2v) is 7.69. The predicted molar refractivity (Wildman–Crippen MR) is 100.0 cm³/mol. The summed E-state index contributed by atoms with van der Waals surface area (Å²) in [5.74, 6) is -1.07. The lowest BCUT2D eigenvalue weighted by Gasteiger charge is -2.09. The van der Waals surface area contributed by atoms with Crippen molar-refractivity contribution in [3.05, 3.63) is 54.1 Å². The van der Waals surface area contributed by atoms with Gasteiger partial charge in [0.05, 0.1) is 28.4 Å². The Labute approximate surface area is 148 Å². The highest BCUT2D eigenvalue weighted by Crippen LogP contribution is 2.28. The minimum Gasteiger partial charge on any atom is -0.478 e. The molecular weight excluding hydrogens is 354 g/mol. The maximum atomic E-state index is 11.5. The SMILES string of the molecule is CS(=O)(=O)Nc1ccc2c(ccc3nc4cccc(C(=O)O)c4nc32)c1. The molecule has 7 nitrogen and oxygen atoms in total. The number of anilines is 1. The van der Waals surface area contributed by atoms with Crippen LogP contribution in [-0.2, 0) is 10.0 Å². The largest absolute Gasteiger partial charge is 0.478 e. The zero-order chi connectivity index (χ0) is 18.5. The molecule has 0 saturated carbocycles. The second kappa shape index (κ2) is 5.63. The maximum Gasteiger partial charge on any atom is 0.337 e. The normalized spacial score (nSPS) is 11.9. The average molecular weight is 367 g/mol. The molecule has 0 amide bonds. The number of fused-ring (bicyclic) bond motifs is 4. The summed E-state index contributed by atoms with van der Waals surface area (Å²) in [6, 6.07) is 13.5. The van der Waals surface area contributed by atoms with Gasteiger partial charge in [0, 0.05) is 11.1 Å². The zero-order valence-corrected chi connectivity index (χ0v) is 14.4. The summed E-state index contributed by atoms with van der Waals surface area (Å²) in [7, 11) is -3.38. The van der Waals surface area contributed by atoms with Gasteiger partial charge in [-0.15, -0.1) is 0 Å². The van der Waals surface area contributed by atoms with Crippen LogP contribution in [0.3, 0.4) is 0 Å². The molecule has 0 fully saturated rings. The number of nitrogens with one attached hydrogen (secondary N) is 1. The molecule has 2 N–H and O–H groups in total. The molecule has 0 saturated heterocycles. The Hall–Kier alpha value is -3.26. The van der Waals surface area contributed by atoms with Crippen LogP contribution in [0.1, 0.15) is 10.4 Å². The van der Waals surface area contributed by atoms with E-state index in [4.69, 9.17) is 0 Å². The van der Waals surface area contributed by atoms with Gasteiger partial charge < -0.3 is 5.11 Å². The molecule has 0 aliphatic carbocycles. The van der Waals surface area contributed by atoms with Gasteiger partial charge in [-0.3, -0.25) is 4.72 Å². The van der Waals surface area contributed by atoms with Gasteiger partial charge in [-0.2, -0.15) is 0 Å². The lowest BCUT2D eigenvalue weighted by Crippen LogP contribution is -2.09. The molecule has 8 heteroatoms. The topological polar surface area (TPSA) is 109 Å². The van der Waals surface area contributed by atoms with E-state index in [-0.39, 0.29) is 5.56 Å². The molecule has 130 valence electrons. The maximum absolute atomic E-state index is 11.5. The number of carboxylic acid groups (broad SMARTS) is 1. The molecule has 0 unspecified atom stereocenters. The number of nitrogens with zero attached hydrogens (tertiary/aromatic N) is 2. The summed E-state index contributed by atoms with van der Waals surface area (Å²) < 4.78 is 25.2. The molecule has 26 heavy (non-hydrogen) atoms. The van der Waals surface area contributed by atoms with E-state index in [9.17, 15) is 18.3 Å². The smallest absolute Gasteiger partial charge is 0.337 e.